The first-order valence-electron chi connectivity index (χ1n) is 12.8. The fourth-order valence-corrected chi connectivity index (χ4v) is 6.03. The molecule has 3 aliphatic rings. The topological polar surface area (TPSA) is 62.0 Å². The minimum absolute atomic E-state index is 0.0486. The van der Waals surface area contributed by atoms with Crippen molar-refractivity contribution in [1.82, 2.24) is 0 Å². The van der Waals surface area contributed by atoms with Crippen LogP contribution in [-0.2, 0) is 4.84 Å². The molecule has 0 spiro atoms. The molecule has 2 N–H and O–H groups in total. The number of allylic oxidation sites excluding steroid dienone is 5. The fraction of sp³-hybridized carbons (Fsp3) is 0.690. The predicted octanol–water partition coefficient (Wildman–Crippen LogP) is 6.66. The van der Waals surface area contributed by atoms with Crippen LogP contribution in [0, 0.1) is 16.7 Å². The molecule has 4 heteroatoms. The molecule has 0 aromatic rings. The number of rotatable bonds is 7. The molecule has 0 bridgehead atoms. The summed E-state index contributed by atoms with van der Waals surface area (Å²) in [5, 5.41) is 24.5. The fourth-order valence-electron chi connectivity index (χ4n) is 6.03. The molecule has 3 aliphatic carbocycles. The Labute approximate surface area is 201 Å². The third kappa shape index (κ3) is 6.08. The zero-order chi connectivity index (χ0) is 24.2. The Morgan fingerprint density at radius 3 is 2.73 bits per heavy atom. The standard InChI is InChI=1S/C29H45NO3/c1-20-22(18-24(31)19-26(20)32)14-13-21-10-9-17-29(5)23(15-16-25(21)29)11-7-8-12-27(30-33-6)28(2,3)4/h13-15,24-26,31-32H,1,7-12,16-19H2,2-6H3/b21-13+,22-14-,30-27+/t24-,25-,26+,29+/m0/s1. The first-order valence-corrected chi connectivity index (χ1v) is 12.8. The van der Waals surface area contributed by atoms with Crippen LogP contribution in [0.4, 0.5) is 0 Å². The Morgan fingerprint density at radius 1 is 1.27 bits per heavy atom. The van der Waals surface area contributed by atoms with Crippen LogP contribution in [-0.4, -0.2) is 35.2 Å². The molecule has 0 aliphatic heterocycles. The lowest BCUT2D eigenvalue weighted by molar-refractivity contribution is 0.0862. The maximum Gasteiger partial charge on any atom is 0.106 e. The summed E-state index contributed by atoms with van der Waals surface area (Å²) in [6, 6.07) is 0. The van der Waals surface area contributed by atoms with Crippen LogP contribution in [0.25, 0.3) is 0 Å². The second-order valence-electron chi connectivity index (χ2n) is 11.5. The van der Waals surface area contributed by atoms with Crippen molar-refractivity contribution in [3.8, 4) is 0 Å². The summed E-state index contributed by atoms with van der Waals surface area (Å²) in [5.41, 5.74) is 6.38. The number of aliphatic hydroxyl groups excluding tert-OH is 2. The van der Waals surface area contributed by atoms with Crippen LogP contribution in [0.2, 0.25) is 0 Å². The summed E-state index contributed by atoms with van der Waals surface area (Å²) in [4.78, 5) is 5.08. The molecule has 0 unspecified atom stereocenters. The van der Waals surface area contributed by atoms with Crippen LogP contribution in [0.3, 0.4) is 0 Å². The van der Waals surface area contributed by atoms with Crippen molar-refractivity contribution in [3.63, 3.8) is 0 Å². The molecule has 4 atom stereocenters. The second-order valence-corrected chi connectivity index (χ2v) is 11.5. The zero-order valence-corrected chi connectivity index (χ0v) is 21.5. The molecule has 0 aromatic carbocycles. The van der Waals surface area contributed by atoms with Gasteiger partial charge >= 0.3 is 0 Å². The van der Waals surface area contributed by atoms with Gasteiger partial charge in [-0.25, -0.2) is 0 Å². The highest BCUT2D eigenvalue weighted by atomic mass is 16.6. The van der Waals surface area contributed by atoms with E-state index < -0.39 is 12.2 Å². The maximum atomic E-state index is 10.1. The Kier molecular flexibility index (Phi) is 8.45. The monoisotopic (exact) mass is 455 g/mol. The first-order chi connectivity index (χ1) is 15.6. The van der Waals surface area contributed by atoms with Crippen LogP contribution in [0.5, 0.6) is 0 Å². The average Bonchev–Trinajstić information content (AvgIpc) is 3.07. The Bertz CT molecular complexity index is 841. The van der Waals surface area contributed by atoms with Gasteiger partial charge in [-0.1, -0.05) is 68.8 Å². The molecule has 0 heterocycles. The molecular weight excluding hydrogens is 410 g/mol. The molecule has 0 amide bonds. The molecular formula is C29H45NO3. The average molecular weight is 456 g/mol. The lowest BCUT2D eigenvalue weighted by Gasteiger charge is -2.41. The smallest absolute Gasteiger partial charge is 0.106 e. The van der Waals surface area contributed by atoms with Gasteiger partial charge in [-0.3, -0.25) is 0 Å². The van der Waals surface area contributed by atoms with E-state index in [1.165, 1.54) is 31.3 Å². The minimum atomic E-state index is -0.623. The lowest BCUT2D eigenvalue weighted by Crippen LogP contribution is -2.30. The largest absolute Gasteiger partial charge is 0.399 e. The molecule has 33 heavy (non-hydrogen) atoms. The summed E-state index contributed by atoms with van der Waals surface area (Å²) in [6.45, 7) is 13.1. The van der Waals surface area contributed by atoms with Gasteiger partial charge in [0.05, 0.1) is 17.9 Å². The van der Waals surface area contributed by atoms with Gasteiger partial charge in [-0.05, 0) is 80.3 Å². The van der Waals surface area contributed by atoms with E-state index >= 15 is 0 Å². The van der Waals surface area contributed by atoms with Crippen LogP contribution >= 0.6 is 0 Å². The highest BCUT2D eigenvalue weighted by Gasteiger charge is 2.44. The van der Waals surface area contributed by atoms with Crippen molar-refractivity contribution in [1.29, 1.82) is 0 Å². The van der Waals surface area contributed by atoms with Gasteiger partial charge in [0.2, 0.25) is 0 Å². The third-order valence-corrected chi connectivity index (χ3v) is 8.15. The van der Waals surface area contributed by atoms with E-state index in [-0.39, 0.29) is 10.8 Å². The van der Waals surface area contributed by atoms with E-state index in [0.29, 0.717) is 18.8 Å². The van der Waals surface area contributed by atoms with Gasteiger partial charge < -0.3 is 15.1 Å². The summed E-state index contributed by atoms with van der Waals surface area (Å²) in [5.74, 6) is 0.574. The van der Waals surface area contributed by atoms with Crippen molar-refractivity contribution in [2.24, 2.45) is 21.9 Å². The number of hydrogen-bond acceptors (Lipinski definition) is 4. The zero-order valence-electron chi connectivity index (χ0n) is 21.5. The van der Waals surface area contributed by atoms with Gasteiger partial charge in [-0.2, -0.15) is 0 Å². The Morgan fingerprint density at radius 2 is 2.03 bits per heavy atom. The number of aliphatic hydroxyl groups is 2. The molecule has 4 nitrogen and oxygen atoms in total. The van der Waals surface area contributed by atoms with Crippen LogP contribution in [0.1, 0.15) is 91.9 Å². The van der Waals surface area contributed by atoms with Crippen LogP contribution < -0.4 is 0 Å². The number of fused-ring (bicyclic) bond motifs is 1. The number of oxime groups is 1. The molecule has 3 rings (SSSR count). The molecule has 2 fully saturated rings. The lowest BCUT2D eigenvalue weighted by atomic mass is 9.63. The van der Waals surface area contributed by atoms with E-state index in [1.54, 1.807) is 12.7 Å². The van der Waals surface area contributed by atoms with Gasteiger partial charge in [0.25, 0.3) is 0 Å². The summed E-state index contributed by atoms with van der Waals surface area (Å²) < 4.78 is 0. The highest BCUT2D eigenvalue weighted by molar-refractivity contribution is 5.88. The minimum Gasteiger partial charge on any atom is -0.399 e. The van der Waals surface area contributed by atoms with Crippen molar-refractivity contribution >= 4 is 5.71 Å². The van der Waals surface area contributed by atoms with Gasteiger partial charge in [0, 0.05) is 11.8 Å². The highest BCUT2D eigenvalue weighted by Crippen LogP contribution is 2.55. The van der Waals surface area contributed by atoms with E-state index in [4.69, 9.17) is 4.84 Å². The number of nitrogens with zero attached hydrogens (tertiary/aromatic N) is 1. The normalized spacial score (nSPS) is 33.4. The van der Waals surface area contributed by atoms with Gasteiger partial charge in [-0.15, -0.1) is 0 Å². The van der Waals surface area contributed by atoms with Crippen molar-refractivity contribution < 1.29 is 15.1 Å². The maximum absolute atomic E-state index is 10.1. The summed E-state index contributed by atoms with van der Waals surface area (Å²) in [6.07, 6.45) is 16.0. The predicted molar refractivity (Wildman–Crippen MR) is 137 cm³/mol. The second kappa shape index (κ2) is 10.7. The van der Waals surface area contributed by atoms with E-state index in [2.05, 4.69) is 57.7 Å². The van der Waals surface area contributed by atoms with Crippen molar-refractivity contribution in [2.45, 2.75) is 104 Å². The summed E-state index contributed by atoms with van der Waals surface area (Å²) in [7, 11) is 1.63. The molecule has 0 saturated heterocycles. The van der Waals surface area contributed by atoms with E-state index in [0.717, 1.165) is 42.5 Å². The molecule has 184 valence electrons. The number of hydrogen-bond donors (Lipinski definition) is 2. The van der Waals surface area contributed by atoms with Crippen molar-refractivity contribution in [2.75, 3.05) is 7.11 Å². The number of unbranched alkanes of at least 4 members (excludes halogenated alkanes) is 1. The van der Waals surface area contributed by atoms with Crippen molar-refractivity contribution in [3.05, 3.63) is 47.1 Å². The molecule has 0 radical (unpaired) electrons. The molecule has 2 saturated carbocycles. The molecule has 0 aromatic heterocycles. The SMILES string of the molecule is C=C1/C(=C\C=C2/CCC[C@]3(C)C(CCCC/C(=N\OC)C(C)(C)C)=CC[C@@H]23)C[C@H](O)C[C@H]1O. The van der Waals surface area contributed by atoms with Crippen LogP contribution in [0.15, 0.2) is 52.3 Å². The van der Waals surface area contributed by atoms with Gasteiger partial charge in [0.1, 0.15) is 7.11 Å². The van der Waals surface area contributed by atoms with E-state index in [1.807, 2.05) is 0 Å². The Hall–Kier alpha value is -1.65. The third-order valence-electron chi connectivity index (χ3n) is 8.15. The van der Waals surface area contributed by atoms with Gasteiger partial charge in [0.15, 0.2) is 0 Å². The summed E-state index contributed by atoms with van der Waals surface area (Å²) >= 11 is 0. The first kappa shape index (κ1) is 26.0. The van der Waals surface area contributed by atoms with E-state index in [9.17, 15) is 10.2 Å². The quantitative estimate of drug-likeness (QED) is 0.195. The Balaban J connectivity index is 1.62.